The van der Waals surface area contributed by atoms with Crippen LogP contribution in [0.2, 0.25) is 0 Å². The van der Waals surface area contributed by atoms with Gasteiger partial charge in [0, 0.05) is 19.5 Å². The predicted molar refractivity (Wildman–Crippen MR) is 109 cm³/mol. The number of nitrogens with zero attached hydrogens (tertiary/aromatic N) is 1. The van der Waals surface area contributed by atoms with Gasteiger partial charge < -0.3 is 10.1 Å². The molecule has 0 unspecified atom stereocenters. The van der Waals surface area contributed by atoms with Crippen LogP contribution in [0, 0.1) is 6.92 Å². The quantitative estimate of drug-likeness (QED) is 0.781. The van der Waals surface area contributed by atoms with Gasteiger partial charge in [0.1, 0.15) is 5.75 Å². The molecule has 7 heteroatoms. The van der Waals surface area contributed by atoms with Gasteiger partial charge in [-0.15, -0.1) is 0 Å². The number of anilines is 1. The van der Waals surface area contributed by atoms with E-state index in [4.69, 9.17) is 4.74 Å². The average molecular weight is 403 g/mol. The molecule has 0 saturated carbocycles. The van der Waals surface area contributed by atoms with E-state index in [2.05, 4.69) is 5.32 Å². The summed E-state index contributed by atoms with van der Waals surface area (Å²) in [5, 5.41) is 2.76. The van der Waals surface area contributed by atoms with Crippen molar-refractivity contribution in [3.8, 4) is 11.5 Å². The molecule has 28 heavy (non-hydrogen) atoms. The molecule has 3 rings (SSSR count). The Hall–Kier alpha value is -2.38. The van der Waals surface area contributed by atoms with E-state index in [9.17, 15) is 13.2 Å². The van der Waals surface area contributed by atoms with Gasteiger partial charge >= 0.3 is 0 Å². The number of piperidine rings is 1. The molecule has 0 radical (unpaired) electrons. The highest BCUT2D eigenvalue weighted by molar-refractivity contribution is 7.89. The van der Waals surface area contributed by atoms with Crippen LogP contribution in [0.4, 0.5) is 5.69 Å². The highest BCUT2D eigenvalue weighted by Gasteiger charge is 2.27. The van der Waals surface area contributed by atoms with Crippen molar-refractivity contribution in [2.24, 2.45) is 0 Å². The normalized spacial score (nSPS) is 15.2. The molecule has 1 heterocycles. The second-order valence-corrected chi connectivity index (χ2v) is 8.88. The van der Waals surface area contributed by atoms with Gasteiger partial charge in [0.25, 0.3) is 0 Å². The average Bonchev–Trinajstić information content (AvgIpc) is 2.69. The van der Waals surface area contributed by atoms with E-state index in [0.717, 1.165) is 24.8 Å². The lowest BCUT2D eigenvalue weighted by molar-refractivity contribution is -0.115. The number of sulfonamides is 1. The van der Waals surface area contributed by atoms with Crippen LogP contribution >= 0.6 is 0 Å². The van der Waals surface area contributed by atoms with Crippen LogP contribution in [0.5, 0.6) is 11.5 Å². The summed E-state index contributed by atoms with van der Waals surface area (Å²) in [6.45, 7) is 4.76. The van der Waals surface area contributed by atoms with Crippen molar-refractivity contribution in [3.63, 3.8) is 0 Å². The molecule has 150 valence electrons. The summed E-state index contributed by atoms with van der Waals surface area (Å²) in [4.78, 5) is 12.1. The fourth-order valence-corrected chi connectivity index (χ4v) is 4.70. The molecule has 2 aromatic carbocycles. The Bertz CT molecular complexity index is 951. The number of amides is 1. The number of rotatable bonds is 6. The molecule has 1 aliphatic rings. The topological polar surface area (TPSA) is 75.7 Å². The minimum atomic E-state index is -3.60. The Morgan fingerprint density at radius 3 is 2.54 bits per heavy atom. The van der Waals surface area contributed by atoms with Crippen LogP contribution in [0.25, 0.3) is 0 Å². The molecule has 2 aromatic rings. The number of aryl methyl sites for hydroxylation is 1. The number of ether oxygens (including phenoxy) is 1. The van der Waals surface area contributed by atoms with Crippen LogP contribution in [0.3, 0.4) is 0 Å². The van der Waals surface area contributed by atoms with Crippen LogP contribution in [-0.4, -0.2) is 31.7 Å². The molecule has 1 N–H and O–H groups in total. The fraction of sp³-hybridized carbons (Fsp3) is 0.381. The maximum atomic E-state index is 13.0. The summed E-state index contributed by atoms with van der Waals surface area (Å²) < 4.78 is 33.4. The van der Waals surface area contributed by atoms with Gasteiger partial charge in [0.05, 0.1) is 10.6 Å². The largest absolute Gasteiger partial charge is 0.455 e. The zero-order valence-corrected chi connectivity index (χ0v) is 17.1. The lowest BCUT2D eigenvalue weighted by Crippen LogP contribution is -2.35. The summed E-state index contributed by atoms with van der Waals surface area (Å²) in [5.74, 6) is 0.824. The molecule has 0 aromatic heterocycles. The number of nitrogens with one attached hydrogen (secondary N) is 1. The standard InChI is InChI=1S/C21H26N2O4S/c1-3-21(24)22-19-15-18(28(25,26)23-12-5-4-6-13-23)10-11-20(19)27-17-9-7-8-16(2)14-17/h7-11,14-15H,3-6,12-13H2,1-2H3,(H,22,24). The van der Waals surface area contributed by atoms with Crippen molar-refractivity contribution < 1.29 is 17.9 Å². The molecule has 0 aliphatic carbocycles. The maximum absolute atomic E-state index is 13.0. The van der Waals surface area contributed by atoms with Crippen molar-refractivity contribution in [3.05, 3.63) is 48.0 Å². The summed E-state index contributed by atoms with van der Waals surface area (Å²) in [7, 11) is -3.60. The van der Waals surface area contributed by atoms with E-state index in [1.807, 2.05) is 31.2 Å². The molecule has 0 spiro atoms. The van der Waals surface area contributed by atoms with Gasteiger partial charge in [-0.1, -0.05) is 25.5 Å². The van der Waals surface area contributed by atoms with Gasteiger partial charge in [-0.25, -0.2) is 8.42 Å². The van der Waals surface area contributed by atoms with Gasteiger partial charge in [-0.05, 0) is 55.7 Å². The minimum absolute atomic E-state index is 0.164. The third-order valence-electron chi connectivity index (χ3n) is 4.72. The monoisotopic (exact) mass is 402 g/mol. The molecule has 0 bridgehead atoms. The summed E-state index contributed by atoms with van der Waals surface area (Å²) >= 11 is 0. The molecule has 1 aliphatic heterocycles. The number of benzene rings is 2. The summed E-state index contributed by atoms with van der Waals surface area (Å²) in [6.07, 6.45) is 3.07. The summed E-state index contributed by atoms with van der Waals surface area (Å²) in [5.41, 5.74) is 1.40. The molecule has 0 atom stereocenters. The number of hydrogen-bond acceptors (Lipinski definition) is 4. The van der Waals surface area contributed by atoms with Gasteiger partial charge in [-0.3, -0.25) is 4.79 Å². The molecule has 1 fully saturated rings. The first-order chi connectivity index (χ1) is 13.4. The number of carbonyl (C=O) groups is 1. The van der Waals surface area contributed by atoms with Crippen molar-refractivity contribution in [2.45, 2.75) is 44.4 Å². The third-order valence-corrected chi connectivity index (χ3v) is 6.61. The minimum Gasteiger partial charge on any atom is -0.455 e. The zero-order chi connectivity index (χ0) is 20.1. The molecular formula is C21H26N2O4S. The third kappa shape index (κ3) is 4.72. The van der Waals surface area contributed by atoms with Crippen LogP contribution in [0.15, 0.2) is 47.4 Å². The first-order valence-electron chi connectivity index (χ1n) is 9.58. The first-order valence-corrected chi connectivity index (χ1v) is 11.0. The molecule has 1 saturated heterocycles. The Labute approximate surface area is 166 Å². The highest BCUT2D eigenvalue weighted by atomic mass is 32.2. The van der Waals surface area contributed by atoms with Gasteiger partial charge in [0.2, 0.25) is 15.9 Å². The van der Waals surface area contributed by atoms with E-state index in [-0.39, 0.29) is 17.2 Å². The zero-order valence-electron chi connectivity index (χ0n) is 16.3. The first kappa shape index (κ1) is 20.4. The van der Waals surface area contributed by atoms with Crippen LogP contribution in [-0.2, 0) is 14.8 Å². The van der Waals surface area contributed by atoms with E-state index >= 15 is 0 Å². The van der Waals surface area contributed by atoms with Gasteiger partial charge in [-0.2, -0.15) is 4.31 Å². The Morgan fingerprint density at radius 2 is 1.86 bits per heavy atom. The Balaban J connectivity index is 1.95. The SMILES string of the molecule is CCC(=O)Nc1cc(S(=O)(=O)N2CCCCC2)ccc1Oc1cccc(C)c1. The van der Waals surface area contributed by atoms with Gasteiger partial charge in [0.15, 0.2) is 5.75 Å². The lowest BCUT2D eigenvalue weighted by Gasteiger charge is -2.26. The fourth-order valence-electron chi connectivity index (χ4n) is 3.15. The van der Waals surface area contributed by atoms with E-state index < -0.39 is 10.0 Å². The van der Waals surface area contributed by atoms with E-state index in [0.29, 0.717) is 30.3 Å². The molecule has 6 nitrogen and oxygen atoms in total. The Kier molecular flexibility index (Phi) is 6.36. The lowest BCUT2D eigenvalue weighted by atomic mass is 10.2. The van der Waals surface area contributed by atoms with E-state index in [1.54, 1.807) is 13.0 Å². The second-order valence-electron chi connectivity index (χ2n) is 6.94. The molecule has 1 amide bonds. The van der Waals surface area contributed by atoms with Crippen molar-refractivity contribution in [2.75, 3.05) is 18.4 Å². The van der Waals surface area contributed by atoms with Crippen molar-refractivity contribution in [1.29, 1.82) is 0 Å². The second kappa shape index (κ2) is 8.75. The number of hydrogen-bond donors (Lipinski definition) is 1. The van der Waals surface area contributed by atoms with Crippen LogP contribution < -0.4 is 10.1 Å². The van der Waals surface area contributed by atoms with Crippen molar-refractivity contribution in [1.82, 2.24) is 4.31 Å². The Morgan fingerprint density at radius 1 is 1.11 bits per heavy atom. The highest BCUT2D eigenvalue weighted by Crippen LogP contribution is 2.33. The van der Waals surface area contributed by atoms with E-state index in [1.165, 1.54) is 16.4 Å². The predicted octanol–water partition coefficient (Wildman–Crippen LogP) is 4.31. The van der Waals surface area contributed by atoms with Crippen LogP contribution in [0.1, 0.15) is 38.2 Å². The summed E-state index contributed by atoms with van der Waals surface area (Å²) in [6, 6.07) is 12.2. The smallest absolute Gasteiger partial charge is 0.243 e. The number of carbonyl (C=O) groups excluding carboxylic acids is 1. The molecular weight excluding hydrogens is 376 g/mol. The van der Waals surface area contributed by atoms with Crippen molar-refractivity contribution >= 4 is 21.6 Å². The maximum Gasteiger partial charge on any atom is 0.243 e.